The monoisotopic (exact) mass is 287 g/mol. The number of carbonyl (C=O) groups excluding carboxylic acids is 1. The summed E-state index contributed by atoms with van der Waals surface area (Å²) in [6.07, 6.45) is 4.86. The second-order valence-corrected chi connectivity index (χ2v) is 5.96. The molecule has 1 aromatic rings. The van der Waals surface area contributed by atoms with E-state index in [1.54, 1.807) is 11.8 Å². The van der Waals surface area contributed by atoms with Crippen molar-refractivity contribution in [2.75, 3.05) is 19.4 Å². The number of rotatable bonds is 8. The number of thiophene rings is 1. The van der Waals surface area contributed by atoms with Crippen molar-refractivity contribution in [3.8, 4) is 0 Å². The molecule has 1 unspecified atom stereocenters. The van der Waals surface area contributed by atoms with Crippen LogP contribution in [0.15, 0.2) is 16.3 Å². The zero-order valence-corrected chi connectivity index (χ0v) is 12.6. The fourth-order valence-electron chi connectivity index (χ4n) is 1.88. The first-order chi connectivity index (χ1) is 8.72. The van der Waals surface area contributed by atoms with Crippen molar-refractivity contribution < 1.29 is 9.90 Å². The smallest absolute Gasteiger partial charge is 0.262 e. The van der Waals surface area contributed by atoms with E-state index in [0.717, 1.165) is 29.0 Å². The minimum Gasteiger partial charge on any atom is -0.396 e. The molecule has 2 N–H and O–H groups in total. The molecule has 3 nitrogen and oxygen atoms in total. The summed E-state index contributed by atoms with van der Waals surface area (Å²) in [5, 5.41) is 13.9. The van der Waals surface area contributed by atoms with Crippen LogP contribution in [-0.4, -0.2) is 30.4 Å². The Morgan fingerprint density at radius 1 is 1.56 bits per heavy atom. The first kappa shape index (κ1) is 15.5. The molecule has 0 aliphatic carbocycles. The maximum absolute atomic E-state index is 12.0. The second-order valence-electron chi connectivity index (χ2n) is 4.20. The fourth-order valence-corrected chi connectivity index (χ4v) is 3.55. The molecule has 0 saturated carbocycles. The molecule has 0 aliphatic heterocycles. The third-order valence-electron chi connectivity index (χ3n) is 2.84. The van der Waals surface area contributed by atoms with Crippen LogP contribution in [0.3, 0.4) is 0 Å². The van der Waals surface area contributed by atoms with Gasteiger partial charge >= 0.3 is 0 Å². The zero-order chi connectivity index (χ0) is 13.4. The van der Waals surface area contributed by atoms with E-state index in [2.05, 4.69) is 12.2 Å². The maximum atomic E-state index is 12.0. The zero-order valence-electron chi connectivity index (χ0n) is 10.9. The van der Waals surface area contributed by atoms with Crippen LogP contribution in [0.5, 0.6) is 0 Å². The first-order valence-electron chi connectivity index (χ1n) is 6.23. The SMILES string of the molecule is CCCC(CCO)CNC(=O)c1sccc1SC. The van der Waals surface area contributed by atoms with Gasteiger partial charge in [0.05, 0.1) is 0 Å². The standard InChI is InChI=1S/C13H21NO2S2/c1-3-4-10(5-7-15)9-14-13(16)12-11(17-2)6-8-18-12/h6,8,10,15H,3-5,7,9H2,1-2H3,(H,14,16). The van der Waals surface area contributed by atoms with Crippen molar-refractivity contribution >= 4 is 29.0 Å². The summed E-state index contributed by atoms with van der Waals surface area (Å²) in [6, 6.07) is 1.97. The Labute approximate surface area is 117 Å². The van der Waals surface area contributed by atoms with Gasteiger partial charge in [-0.3, -0.25) is 4.79 Å². The van der Waals surface area contributed by atoms with E-state index < -0.39 is 0 Å². The predicted octanol–water partition coefficient (Wildman–Crippen LogP) is 3.00. The molecule has 0 spiro atoms. The first-order valence-corrected chi connectivity index (χ1v) is 8.33. The third-order valence-corrected chi connectivity index (χ3v) is 4.66. The molecule has 0 saturated heterocycles. The van der Waals surface area contributed by atoms with Crippen molar-refractivity contribution in [2.24, 2.45) is 5.92 Å². The third kappa shape index (κ3) is 4.63. The average molecular weight is 287 g/mol. The number of hydrogen-bond donors (Lipinski definition) is 2. The van der Waals surface area contributed by atoms with Gasteiger partial charge in [-0.05, 0) is 36.5 Å². The molecule has 0 aromatic carbocycles. The maximum Gasteiger partial charge on any atom is 0.262 e. The van der Waals surface area contributed by atoms with Gasteiger partial charge in [0, 0.05) is 18.0 Å². The van der Waals surface area contributed by atoms with E-state index in [0.29, 0.717) is 12.5 Å². The van der Waals surface area contributed by atoms with Gasteiger partial charge in [0.1, 0.15) is 4.88 Å². The molecule has 1 heterocycles. The van der Waals surface area contributed by atoms with Crippen LogP contribution in [0, 0.1) is 5.92 Å². The van der Waals surface area contributed by atoms with Gasteiger partial charge in [-0.1, -0.05) is 13.3 Å². The van der Waals surface area contributed by atoms with E-state index in [1.807, 2.05) is 17.7 Å². The van der Waals surface area contributed by atoms with Crippen LogP contribution < -0.4 is 5.32 Å². The second kappa shape index (κ2) is 8.56. The highest BCUT2D eigenvalue weighted by atomic mass is 32.2. The molecule has 1 aromatic heterocycles. The lowest BCUT2D eigenvalue weighted by Crippen LogP contribution is -2.29. The quantitative estimate of drug-likeness (QED) is 0.723. The number of carbonyl (C=O) groups is 1. The average Bonchev–Trinajstić information content (AvgIpc) is 2.84. The Kier molecular flexibility index (Phi) is 7.39. The highest BCUT2D eigenvalue weighted by Crippen LogP contribution is 2.25. The highest BCUT2D eigenvalue weighted by Gasteiger charge is 2.14. The lowest BCUT2D eigenvalue weighted by molar-refractivity contribution is 0.0944. The van der Waals surface area contributed by atoms with Gasteiger partial charge in [0.15, 0.2) is 0 Å². The number of amides is 1. The van der Waals surface area contributed by atoms with Gasteiger partial charge in [-0.15, -0.1) is 23.1 Å². The summed E-state index contributed by atoms with van der Waals surface area (Å²) in [4.78, 5) is 13.8. The Morgan fingerprint density at radius 3 is 2.94 bits per heavy atom. The number of aliphatic hydroxyl groups is 1. The van der Waals surface area contributed by atoms with Crippen LogP contribution in [0.25, 0.3) is 0 Å². The van der Waals surface area contributed by atoms with Gasteiger partial charge < -0.3 is 10.4 Å². The molecule has 102 valence electrons. The van der Waals surface area contributed by atoms with Crippen LogP contribution >= 0.6 is 23.1 Å². The molecule has 0 aliphatic rings. The highest BCUT2D eigenvalue weighted by molar-refractivity contribution is 7.98. The van der Waals surface area contributed by atoms with Crippen molar-refractivity contribution in [1.29, 1.82) is 0 Å². The fraction of sp³-hybridized carbons (Fsp3) is 0.615. The van der Waals surface area contributed by atoms with Crippen molar-refractivity contribution in [3.63, 3.8) is 0 Å². The Balaban J connectivity index is 2.49. The largest absolute Gasteiger partial charge is 0.396 e. The van der Waals surface area contributed by atoms with Crippen LogP contribution in [0.1, 0.15) is 35.9 Å². The van der Waals surface area contributed by atoms with Gasteiger partial charge in [-0.25, -0.2) is 0 Å². The summed E-state index contributed by atoms with van der Waals surface area (Å²) in [5.74, 6) is 0.384. The van der Waals surface area contributed by atoms with E-state index in [4.69, 9.17) is 5.11 Å². The van der Waals surface area contributed by atoms with Crippen LogP contribution in [0.2, 0.25) is 0 Å². The van der Waals surface area contributed by atoms with Crippen molar-refractivity contribution in [3.05, 3.63) is 16.3 Å². The molecule has 1 atom stereocenters. The minimum absolute atomic E-state index is 0.00777. The van der Waals surface area contributed by atoms with E-state index in [-0.39, 0.29) is 12.5 Å². The van der Waals surface area contributed by atoms with E-state index in [1.165, 1.54) is 11.3 Å². The van der Waals surface area contributed by atoms with Gasteiger partial charge in [0.2, 0.25) is 0 Å². The van der Waals surface area contributed by atoms with Crippen molar-refractivity contribution in [2.45, 2.75) is 31.1 Å². The summed E-state index contributed by atoms with van der Waals surface area (Å²) in [5.41, 5.74) is 0. The summed E-state index contributed by atoms with van der Waals surface area (Å²) in [7, 11) is 0. The molecule has 5 heteroatoms. The molecule has 0 fully saturated rings. The van der Waals surface area contributed by atoms with Crippen molar-refractivity contribution in [1.82, 2.24) is 5.32 Å². The summed E-state index contributed by atoms with van der Waals surface area (Å²) in [6.45, 7) is 2.96. The summed E-state index contributed by atoms with van der Waals surface area (Å²) < 4.78 is 0. The van der Waals surface area contributed by atoms with Gasteiger partial charge in [-0.2, -0.15) is 0 Å². The normalized spacial score (nSPS) is 12.4. The Morgan fingerprint density at radius 2 is 2.33 bits per heavy atom. The summed E-state index contributed by atoms with van der Waals surface area (Å²) >= 11 is 3.07. The molecular weight excluding hydrogens is 266 g/mol. The molecular formula is C13H21NO2S2. The Hall–Kier alpha value is -0.520. The topological polar surface area (TPSA) is 49.3 Å². The minimum atomic E-state index is 0.00777. The van der Waals surface area contributed by atoms with E-state index in [9.17, 15) is 4.79 Å². The van der Waals surface area contributed by atoms with Gasteiger partial charge in [0.25, 0.3) is 5.91 Å². The number of hydrogen-bond acceptors (Lipinski definition) is 4. The lowest BCUT2D eigenvalue weighted by atomic mass is 10.0. The Bertz CT molecular complexity index is 360. The molecule has 18 heavy (non-hydrogen) atoms. The lowest BCUT2D eigenvalue weighted by Gasteiger charge is -2.15. The molecule has 1 amide bonds. The van der Waals surface area contributed by atoms with Crippen LogP contribution in [-0.2, 0) is 0 Å². The molecule has 0 radical (unpaired) electrons. The molecule has 1 rings (SSSR count). The van der Waals surface area contributed by atoms with Crippen LogP contribution in [0.4, 0.5) is 0 Å². The number of thioether (sulfide) groups is 1. The number of aliphatic hydroxyl groups excluding tert-OH is 1. The number of nitrogens with one attached hydrogen (secondary N) is 1. The predicted molar refractivity (Wildman–Crippen MR) is 78.5 cm³/mol. The van der Waals surface area contributed by atoms with E-state index >= 15 is 0 Å². The molecule has 0 bridgehead atoms.